The van der Waals surface area contributed by atoms with Crippen molar-refractivity contribution in [1.82, 2.24) is 10.2 Å². The molecule has 0 radical (unpaired) electrons. The molecule has 7 nitrogen and oxygen atoms in total. The summed E-state index contributed by atoms with van der Waals surface area (Å²) in [5.74, 6) is -0.781. The summed E-state index contributed by atoms with van der Waals surface area (Å²) in [6.45, 7) is 2.28. The Morgan fingerprint density at radius 1 is 1.06 bits per heavy atom. The highest BCUT2D eigenvalue weighted by Gasteiger charge is 2.30. The number of hydrogen-bond acceptors (Lipinski definition) is 4. The van der Waals surface area contributed by atoms with Crippen LogP contribution in [-0.2, 0) is 14.3 Å². The van der Waals surface area contributed by atoms with Crippen molar-refractivity contribution >= 4 is 18.0 Å². The average molecular weight is 451 g/mol. The number of carbonyl (C=O) groups excluding carboxylic acids is 2. The Balaban J connectivity index is 1.26. The van der Waals surface area contributed by atoms with E-state index in [-0.39, 0.29) is 37.4 Å². The average Bonchev–Trinajstić information content (AvgIpc) is 3.56. The van der Waals surface area contributed by atoms with Gasteiger partial charge in [-0.05, 0) is 54.4 Å². The van der Waals surface area contributed by atoms with Gasteiger partial charge in [0, 0.05) is 24.9 Å². The number of amides is 2. The van der Waals surface area contributed by atoms with E-state index in [2.05, 4.69) is 29.6 Å². The van der Waals surface area contributed by atoms with E-state index in [9.17, 15) is 14.4 Å². The van der Waals surface area contributed by atoms with Crippen LogP contribution in [-0.4, -0.2) is 53.7 Å². The number of nitrogens with zero attached hydrogens (tertiary/aromatic N) is 1. The first-order valence-electron chi connectivity index (χ1n) is 11.5. The molecule has 0 bridgehead atoms. The quantitative estimate of drug-likeness (QED) is 0.570. The second-order valence-electron chi connectivity index (χ2n) is 9.02. The first-order chi connectivity index (χ1) is 15.9. The molecule has 0 spiro atoms. The summed E-state index contributed by atoms with van der Waals surface area (Å²) in [7, 11) is 0. The smallest absolute Gasteiger partial charge is 0.407 e. The number of hydrogen-bond donors (Lipinski definition) is 2. The van der Waals surface area contributed by atoms with Gasteiger partial charge in [0.05, 0.1) is 0 Å². The van der Waals surface area contributed by atoms with Gasteiger partial charge in [0.15, 0.2) is 0 Å². The Labute approximate surface area is 193 Å². The normalized spacial score (nSPS) is 15.3. The zero-order valence-electron chi connectivity index (χ0n) is 18.8. The van der Waals surface area contributed by atoms with E-state index in [4.69, 9.17) is 9.84 Å². The summed E-state index contributed by atoms with van der Waals surface area (Å²) in [4.78, 5) is 37.4. The molecule has 0 heterocycles. The predicted molar refractivity (Wildman–Crippen MR) is 124 cm³/mol. The number of nitrogens with one attached hydrogen (secondary N) is 1. The van der Waals surface area contributed by atoms with Crippen molar-refractivity contribution in [2.75, 3.05) is 19.7 Å². The van der Waals surface area contributed by atoms with Gasteiger partial charge in [0.2, 0.25) is 5.91 Å². The third-order valence-corrected chi connectivity index (χ3v) is 6.35. The van der Waals surface area contributed by atoms with Crippen molar-refractivity contribution in [2.45, 2.75) is 44.6 Å². The number of aliphatic carboxylic acids is 1. The Morgan fingerprint density at radius 3 is 2.24 bits per heavy atom. The number of ether oxygens (including phenoxy) is 1. The summed E-state index contributed by atoms with van der Waals surface area (Å²) in [6.07, 6.45) is 2.18. The van der Waals surface area contributed by atoms with Crippen LogP contribution in [0, 0.1) is 5.92 Å². The topological polar surface area (TPSA) is 95.9 Å². The van der Waals surface area contributed by atoms with Crippen molar-refractivity contribution in [1.29, 1.82) is 0 Å². The molecule has 2 amide bonds. The second kappa shape index (κ2) is 10.1. The van der Waals surface area contributed by atoms with Gasteiger partial charge in [-0.3, -0.25) is 9.59 Å². The minimum atomic E-state index is -1.01. The molecule has 2 aromatic rings. The van der Waals surface area contributed by atoms with Crippen LogP contribution in [0.25, 0.3) is 11.1 Å². The van der Waals surface area contributed by atoms with Gasteiger partial charge in [-0.25, -0.2) is 4.79 Å². The Bertz CT molecular complexity index is 987. The minimum Gasteiger partial charge on any atom is -0.480 e. The maximum Gasteiger partial charge on any atom is 0.407 e. The Kier molecular flexibility index (Phi) is 6.96. The number of carboxylic acid groups (broad SMARTS) is 1. The largest absolute Gasteiger partial charge is 0.480 e. The molecule has 2 aliphatic carbocycles. The lowest BCUT2D eigenvalue weighted by Crippen LogP contribution is -2.39. The number of fused-ring (bicyclic) bond motifs is 3. The van der Waals surface area contributed by atoms with Crippen molar-refractivity contribution in [3.63, 3.8) is 0 Å². The van der Waals surface area contributed by atoms with E-state index in [0.29, 0.717) is 18.9 Å². The molecule has 0 aliphatic heterocycles. The zero-order valence-corrected chi connectivity index (χ0v) is 18.8. The minimum absolute atomic E-state index is 0.00738. The van der Waals surface area contributed by atoms with Crippen molar-refractivity contribution < 1.29 is 24.2 Å². The summed E-state index contributed by atoms with van der Waals surface area (Å²) >= 11 is 0. The molecule has 2 aromatic carbocycles. The molecular weight excluding hydrogens is 420 g/mol. The van der Waals surface area contributed by atoms with Crippen LogP contribution in [0.4, 0.5) is 4.79 Å². The van der Waals surface area contributed by atoms with Gasteiger partial charge in [-0.1, -0.05) is 48.5 Å². The van der Waals surface area contributed by atoms with Gasteiger partial charge >= 0.3 is 12.1 Å². The Hall–Kier alpha value is -3.35. The van der Waals surface area contributed by atoms with E-state index in [1.165, 1.54) is 16.0 Å². The monoisotopic (exact) mass is 450 g/mol. The number of rotatable bonds is 10. The molecule has 174 valence electrons. The molecule has 0 saturated heterocycles. The van der Waals surface area contributed by atoms with Gasteiger partial charge in [0.1, 0.15) is 13.2 Å². The SMILES string of the molecule is CC(CCC(=O)N(CC(=O)O)CC1CC1)NC(=O)OCC1c2ccccc2-c2ccccc21. The standard InChI is InChI=1S/C26H30N2O5/c1-17(10-13-24(29)28(15-25(30)31)14-18-11-12-18)27-26(32)33-16-23-21-8-4-2-6-19(21)20-7-3-5-9-22(20)23/h2-9,17-18,23H,10-16H2,1H3,(H,27,32)(H,30,31). The van der Waals surface area contributed by atoms with Crippen LogP contribution in [0.2, 0.25) is 0 Å². The molecule has 4 rings (SSSR count). The van der Waals surface area contributed by atoms with Crippen molar-refractivity contribution in [3.05, 3.63) is 59.7 Å². The zero-order chi connectivity index (χ0) is 23.4. The van der Waals surface area contributed by atoms with Gasteiger partial charge < -0.3 is 20.1 Å². The first-order valence-corrected chi connectivity index (χ1v) is 11.5. The van der Waals surface area contributed by atoms with Crippen LogP contribution >= 0.6 is 0 Å². The maximum absolute atomic E-state index is 12.5. The van der Waals surface area contributed by atoms with Crippen LogP contribution in [0.15, 0.2) is 48.5 Å². The molecule has 2 aliphatic rings. The fourth-order valence-electron chi connectivity index (χ4n) is 4.44. The third kappa shape index (κ3) is 5.72. The highest BCUT2D eigenvalue weighted by molar-refractivity contribution is 5.81. The highest BCUT2D eigenvalue weighted by atomic mass is 16.5. The lowest BCUT2D eigenvalue weighted by molar-refractivity contribution is -0.144. The molecule has 2 N–H and O–H groups in total. The summed E-state index contributed by atoms with van der Waals surface area (Å²) in [5.41, 5.74) is 4.65. The third-order valence-electron chi connectivity index (χ3n) is 6.35. The molecule has 1 saturated carbocycles. The summed E-state index contributed by atoms with van der Waals surface area (Å²) in [5, 5.41) is 11.9. The predicted octanol–water partition coefficient (Wildman–Crippen LogP) is 4.02. The van der Waals surface area contributed by atoms with E-state index in [1.807, 2.05) is 31.2 Å². The van der Waals surface area contributed by atoms with Crippen molar-refractivity contribution in [2.24, 2.45) is 5.92 Å². The van der Waals surface area contributed by atoms with Crippen LogP contribution < -0.4 is 5.32 Å². The lowest BCUT2D eigenvalue weighted by Gasteiger charge is -2.22. The van der Waals surface area contributed by atoms with E-state index >= 15 is 0 Å². The molecule has 1 unspecified atom stereocenters. The second-order valence-corrected chi connectivity index (χ2v) is 9.02. The number of carboxylic acids is 1. The van der Waals surface area contributed by atoms with Crippen LogP contribution in [0.5, 0.6) is 0 Å². The van der Waals surface area contributed by atoms with E-state index in [1.54, 1.807) is 0 Å². The fraction of sp³-hybridized carbons (Fsp3) is 0.423. The first kappa shape index (κ1) is 22.8. The number of benzene rings is 2. The molecule has 0 aromatic heterocycles. The lowest BCUT2D eigenvalue weighted by atomic mass is 9.98. The maximum atomic E-state index is 12.5. The fourth-order valence-corrected chi connectivity index (χ4v) is 4.44. The highest BCUT2D eigenvalue weighted by Crippen LogP contribution is 2.44. The molecular formula is C26H30N2O5. The van der Waals surface area contributed by atoms with Crippen LogP contribution in [0.1, 0.15) is 49.7 Å². The number of alkyl carbamates (subject to hydrolysis) is 1. The van der Waals surface area contributed by atoms with Gasteiger partial charge in [-0.15, -0.1) is 0 Å². The van der Waals surface area contributed by atoms with Gasteiger partial charge in [-0.2, -0.15) is 0 Å². The molecule has 1 atom stereocenters. The van der Waals surface area contributed by atoms with Crippen molar-refractivity contribution in [3.8, 4) is 11.1 Å². The van der Waals surface area contributed by atoms with E-state index < -0.39 is 12.1 Å². The molecule has 7 heteroatoms. The summed E-state index contributed by atoms with van der Waals surface area (Å²) in [6, 6.07) is 16.1. The molecule has 1 fully saturated rings. The number of carbonyl (C=O) groups is 3. The summed E-state index contributed by atoms with van der Waals surface area (Å²) < 4.78 is 5.56. The van der Waals surface area contributed by atoms with Gasteiger partial charge in [0.25, 0.3) is 0 Å². The Morgan fingerprint density at radius 2 is 1.67 bits per heavy atom. The molecule has 33 heavy (non-hydrogen) atoms. The van der Waals surface area contributed by atoms with Crippen LogP contribution in [0.3, 0.4) is 0 Å². The van der Waals surface area contributed by atoms with E-state index in [0.717, 1.165) is 24.0 Å².